The number of unbranched alkanes of at least 4 members (excludes halogenated alkanes) is 1. The molecule has 1 unspecified atom stereocenters. The van der Waals surface area contributed by atoms with Gasteiger partial charge in [0.15, 0.2) is 0 Å². The normalized spacial score (nSPS) is 13.6. The van der Waals surface area contributed by atoms with Gasteiger partial charge in [-0.2, -0.15) is 0 Å². The van der Waals surface area contributed by atoms with Crippen LogP contribution in [0.1, 0.15) is 64.0 Å². The number of hydrogen-bond donors (Lipinski definition) is 1. The summed E-state index contributed by atoms with van der Waals surface area (Å²) in [5.74, 6) is 0. The van der Waals surface area contributed by atoms with Crippen LogP contribution in [0, 0.1) is 0 Å². The van der Waals surface area contributed by atoms with Crippen LogP contribution in [0.15, 0.2) is 42.0 Å². The maximum absolute atomic E-state index is 10.1. The van der Waals surface area contributed by atoms with Gasteiger partial charge < -0.3 is 5.11 Å². The third-order valence-corrected chi connectivity index (χ3v) is 3.22. The topological polar surface area (TPSA) is 20.2 Å². The maximum atomic E-state index is 10.1. The zero-order valence-corrected chi connectivity index (χ0v) is 11.7. The van der Waals surface area contributed by atoms with E-state index in [1.165, 1.54) is 24.8 Å². The molecule has 1 aromatic carbocycles. The first-order valence-electron chi connectivity index (χ1n) is 7.18. The Balaban J connectivity index is 2.46. The fraction of sp³-hybridized carbons (Fsp3) is 0.529. The van der Waals surface area contributed by atoms with Crippen LogP contribution in [0.2, 0.25) is 0 Å². The lowest BCUT2D eigenvalue weighted by Gasteiger charge is -2.12. The van der Waals surface area contributed by atoms with Crippen molar-refractivity contribution in [2.24, 2.45) is 0 Å². The molecule has 1 rings (SSSR count). The number of allylic oxidation sites excluding steroid dienone is 2. The lowest BCUT2D eigenvalue weighted by molar-refractivity contribution is 0.167. The molecule has 18 heavy (non-hydrogen) atoms. The summed E-state index contributed by atoms with van der Waals surface area (Å²) < 4.78 is 0. The van der Waals surface area contributed by atoms with E-state index < -0.39 is 0 Å². The van der Waals surface area contributed by atoms with E-state index in [1.54, 1.807) is 0 Å². The molecule has 1 heteroatoms. The summed E-state index contributed by atoms with van der Waals surface area (Å²) in [5.41, 5.74) is 2.54. The van der Waals surface area contributed by atoms with Crippen molar-refractivity contribution in [3.63, 3.8) is 0 Å². The summed E-state index contributed by atoms with van der Waals surface area (Å²) in [6.07, 6.45) is 8.61. The van der Waals surface area contributed by atoms with Gasteiger partial charge in [0.2, 0.25) is 0 Å². The fourth-order valence-corrected chi connectivity index (χ4v) is 2.16. The zero-order chi connectivity index (χ0) is 13.2. The van der Waals surface area contributed by atoms with Gasteiger partial charge in [-0.05, 0) is 31.2 Å². The van der Waals surface area contributed by atoms with Crippen molar-refractivity contribution in [2.75, 3.05) is 0 Å². The highest BCUT2D eigenvalue weighted by Gasteiger charge is 2.07. The second-order valence-corrected chi connectivity index (χ2v) is 4.87. The van der Waals surface area contributed by atoms with Crippen LogP contribution < -0.4 is 0 Å². The molecule has 0 bridgehead atoms. The second kappa shape index (κ2) is 8.93. The predicted octanol–water partition coefficient (Wildman–Crippen LogP) is 5.03. The largest absolute Gasteiger partial charge is 0.388 e. The van der Waals surface area contributed by atoms with Crippen molar-refractivity contribution < 1.29 is 5.11 Å². The summed E-state index contributed by atoms with van der Waals surface area (Å²) in [6.45, 7) is 4.42. The van der Waals surface area contributed by atoms with Gasteiger partial charge in [-0.15, -0.1) is 0 Å². The zero-order valence-electron chi connectivity index (χ0n) is 11.7. The molecule has 0 aliphatic carbocycles. The number of rotatable bonds is 8. The highest BCUT2D eigenvalue weighted by atomic mass is 16.3. The summed E-state index contributed by atoms with van der Waals surface area (Å²) in [7, 11) is 0. The van der Waals surface area contributed by atoms with Gasteiger partial charge in [0.25, 0.3) is 0 Å². The Kier molecular flexibility index (Phi) is 7.43. The first-order chi connectivity index (χ1) is 8.77. The number of benzene rings is 1. The molecule has 0 aromatic heterocycles. The van der Waals surface area contributed by atoms with E-state index in [9.17, 15) is 5.11 Å². The third-order valence-electron chi connectivity index (χ3n) is 3.22. The summed E-state index contributed by atoms with van der Waals surface area (Å²) >= 11 is 0. The average Bonchev–Trinajstić information content (AvgIpc) is 2.42. The number of aliphatic hydroxyl groups excluding tert-OH is 1. The second-order valence-electron chi connectivity index (χ2n) is 4.87. The number of aliphatic hydroxyl groups is 1. The molecule has 100 valence electrons. The van der Waals surface area contributed by atoms with Gasteiger partial charge in [-0.3, -0.25) is 0 Å². The Hall–Kier alpha value is -1.08. The van der Waals surface area contributed by atoms with Gasteiger partial charge in [0.1, 0.15) is 0 Å². The summed E-state index contributed by atoms with van der Waals surface area (Å²) in [5, 5.41) is 10.1. The molecule has 0 spiro atoms. The molecule has 0 heterocycles. The van der Waals surface area contributed by atoms with Crippen LogP contribution in [0.3, 0.4) is 0 Å². The van der Waals surface area contributed by atoms with Crippen LogP contribution in [-0.4, -0.2) is 5.11 Å². The molecule has 0 aliphatic heterocycles. The van der Waals surface area contributed by atoms with E-state index in [0.717, 1.165) is 24.8 Å². The highest BCUT2D eigenvalue weighted by Crippen LogP contribution is 2.22. The van der Waals surface area contributed by atoms with Crippen molar-refractivity contribution in [3.8, 4) is 0 Å². The minimum absolute atomic E-state index is 0.326. The highest BCUT2D eigenvalue weighted by molar-refractivity contribution is 5.17. The summed E-state index contributed by atoms with van der Waals surface area (Å²) in [6, 6.07) is 9.95. The standard InChI is InChI=1S/C17H26O/c1-3-5-10-15(9-4-2)13-14-17(18)16-11-7-6-8-12-16/h6-8,10-12,17-18H,3-5,9,13-14H2,1-2H3. The lowest BCUT2D eigenvalue weighted by atomic mass is 9.98. The molecular formula is C17H26O. The van der Waals surface area contributed by atoms with E-state index in [-0.39, 0.29) is 6.10 Å². The van der Waals surface area contributed by atoms with Gasteiger partial charge >= 0.3 is 0 Å². The van der Waals surface area contributed by atoms with Crippen molar-refractivity contribution in [1.82, 2.24) is 0 Å². The SMILES string of the molecule is CCCC=C(CCC)CCC(O)c1ccccc1. The molecule has 1 aromatic rings. The first kappa shape index (κ1) is 15.0. The Morgan fingerprint density at radius 2 is 1.83 bits per heavy atom. The van der Waals surface area contributed by atoms with E-state index in [4.69, 9.17) is 0 Å². The monoisotopic (exact) mass is 246 g/mol. The quantitative estimate of drug-likeness (QED) is 0.638. The molecule has 1 nitrogen and oxygen atoms in total. The van der Waals surface area contributed by atoms with Crippen LogP contribution >= 0.6 is 0 Å². The van der Waals surface area contributed by atoms with Gasteiger partial charge in [-0.1, -0.05) is 68.7 Å². The van der Waals surface area contributed by atoms with Crippen LogP contribution in [0.4, 0.5) is 0 Å². The first-order valence-corrected chi connectivity index (χ1v) is 7.18. The Labute approximate surface area is 112 Å². The van der Waals surface area contributed by atoms with E-state index in [1.807, 2.05) is 30.3 Å². The third kappa shape index (κ3) is 5.50. The predicted molar refractivity (Wildman–Crippen MR) is 78.5 cm³/mol. The lowest BCUT2D eigenvalue weighted by Crippen LogP contribution is -1.98. The van der Waals surface area contributed by atoms with Crippen molar-refractivity contribution in [3.05, 3.63) is 47.5 Å². The molecule has 0 amide bonds. The molecule has 0 fully saturated rings. The molecule has 1 atom stereocenters. The van der Waals surface area contributed by atoms with E-state index >= 15 is 0 Å². The van der Waals surface area contributed by atoms with Crippen molar-refractivity contribution in [2.45, 2.75) is 58.5 Å². The van der Waals surface area contributed by atoms with E-state index in [0.29, 0.717) is 0 Å². The maximum Gasteiger partial charge on any atom is 0.0793 e. The van der Waals surface area contributed by atoms with Gasteiger partial charge in [-0.25, -0.2) is 0 Å². The van der Waals surface area contributed by atoms with Crippen LogP contribution in [0.5, 0.6) is 0 Å². The number of hydrogen-bond acceptors (Lipinski definition) is 1. The average molecular weight is 246 g/mol. The van der Waals surface area contributed by atoms with Gasteiger partial charge in [0, 0.05) is 0 Å². The fourth-order valence-electron chi connectivity index (χ4n) is 2.16. The molecule has 0 saturated carbocycles. The van der Waals surface area contributed by atoms with Crippen molar-refractivity contribution >= 4 is 0 Å². The van der Waals surface area contributed by atoms with Gasteiger partial charge in [0.05, 0.1) is 6.10 Å². The minimum atomic E-state index is -0.326. The molecule has 0 aliphatic rings. The summed E-state index contributed by atoms with van der Waals surface area (Å²) in [4.78, 5) is 0. The van der Waals surface area contributed by atoms with Crippen LogP contribution in [-0.2, 0) is 0 Å². The molecule has 0 saturated heterocycles. The Morgan fingerprint density at radius 1 is 1.11 bits per heavy atom. The molecule has 0 radical (unpaired) electrons. The molecule has 1 N–H and O–H groups in total. The van der Waals surface area contributed by atoms with Crippen LogP contribution in [0.25, 0.3) is 0 Å². The Bertz CT molecular complexity index is 340. The van der Waals surface area contributed by atoms with E-state index in [2.05, 4.69) is 19.9 Å². The minimum Gasteiger partial charge on any atom is -0.388 e. The van der Waals surface area contributed by atoms with Crippen molar-refractivity contribution in [1.29, 1.82) is 0 Å². The Morgan fingerprint density at radius 3 is 2.44 bits per heavy atom. The molecular weight excluding hydrogens is 220 g/mol. The smallest absolute Gasteiger partial charge is 0.0793 e.